The predicted molar refractivity (Wildman–Crippen MR) is 95.6 cm³/mol. The molecule has 1 aliphatic rings. The number of unbranched alkanes of at least 4 members (excludes halogenated alkanes) is 4. The Hall–Kier alpha value is -1.06. The number of ether oxygens (including phenoxy) is 2. The molecule has 0 aromatic rings. The van der Waals surface area contributed by atoms with Crippen LogP contribution in [0, 0.1) is 17.3 Å². The summed E-state index contributed by atoms with van der Waals surface area (Å²) in [5.41, 5.74) is -0.215. The zero-order chi connectivity index (χ0) is 18.0. The normalized spacial score (nSPS) is 22.8. The first kappa shape index (κ1) is 21.0. The first-order chi connectivity index (χ1) is 11.4. The lowest BCUT2D eigenvalue weighted by Gasteiger charge is -2.41. The van der Waals surface area contributed by atoms with Crippen molar-refractivity contribution in [2.75, 3.05) is 13.2 Å². The van der Waals surface area contributed by atoms with Crippen LogP contribution in [0.15, 0.2) is 0 Å². The Kier molecular flexibility index (Phi) is 9.38. The number of esters is 2. The minimum Gasteiger partial charge on any atom is -0.465 e. The fourth-order valence-electron chi connectivity index (χ4n) is 3.63. The minimum absolute atomic E-state index is 0.214. The lowest BCUT2D eigenvalue weighted by Crippen LogP contribution is -2.45. The van der Waals surface area contributed by atoms with E-state index in [0.29, 0.717) is 13.2 Å². The van der Waals surface area contributed by atoms with Crippen molar-refractivity contribution in [1.82, 2.24) is 0 Å². The zero-order valence-electron chi connectivity index (χ0n) is 16.1. The van der Waals surface area contributed by atoms with Gasteiger partial charge in [0.25, 0.3) is 0 Å². The van der Waals surface area contributed by atoms with E-state index in [9.17, 15) is 9.59 Å². The Morgan fingerprint density at radius 1 is 0.917 bits per heavy atom. The molecule has 1 rings (SSSR count). The van der Waals surface area contributed by atoms with Crippen LogP contribution in [0.25, 0.3) is 0 Å². The Labute approximate surface area is 147 Å². The third-order valence-corrected chi connectivity index (χ3v) is 5.12. The third kappa shape index (κ3) is 6.45. The number of rotatable bonds is 10. The summed E-state index contributed by atoms with van der Waals surface area (Å²) in [4.78, 5) is 25.1. The summed E-state index contributed by atoms with van der Waals surface area (Å²) in [6.07, 6.45) is 8.73. The first-order valence-electron chi connectivity index (χ1n) is 9.77. The Morgan fingerprint density at radius 2 is 1.46 bits per heavy atom. The van der Waals surface area contributed by atoms with Crippen LogP contribution in [0.5, 0.6) is 0 Å². The summed E-state index contributed by atoms with van der Waals surface area (Å²) in [5.74, 6) is -1.17. The second-order valence-corrected chi connectivity index (χ2v) is 7.71. The van der Waals surface area contributed by atoms with Gasteiger partial charge in [0.2, 0.25) is 0 Å². The molecule has 2 unspecified atom stereocenters. The van der Waals surface area contributed by atoms with Gasteiger partial charge in [-0.3, -0.25) is 9.59 Å². The molecular formula is C20H36O4. The van der Waals surface area contributed by atoms with E-state index < -0.39 is 0 Å². The Balaban J connectivity index is 2.65. The maximum absolute atomic E-state index is 12.6. The highest BCUT2D eigenvalue weighted by Gasteiger charge is 2.48. The molecule has 1 saturated carbocycles. The lowest BCUT2D eigenvalue weighted by molar-refractivity contribution is -0.169. The average Bonchev–Trinajstić information content (AvgIpc) is 2.54. The molecule has 4 heteroatoms. The molecule has 0 N–H and O–H groups in total. The molecule has 2 atom stereocenters. The second kappa shape index (κ2) is 10.7. The van der Waals surface area contributed by atoms with Gasteiger partial charge in [0, 0.05) is 0 Å². The minimum atomic E-state index is -0.383. The van der Waals surface area contributed by atoms with Gasteiger partial charge in [-0.2, -0.15) is 0 Å². The molecule has 0 amide bonds. The van der Waals surface area contributed by atoms with Crippen LogP contribution in [-0.2, 0) is 19.1 Å². The molecule has 24 heavy (non-hydrogen) atoms. The van der Waals surface area contributed by atoms with Crippen molar-refractivity contribution in [3.05, 3.63) is 0 Å². The molecule has 0 spiro atoms. The fourth-order valence-corrected chi connectivity index (χ4v) is 3.63. The van der Waals surface area contributed by atoms with Crippen molar-refractivity contribution >= 4 is 11.9 Å². The molecule has 140 valence electrons. The number of carbonyl (C=O) groups excluding carboxylic acids is 2. The monoisotopic (exact) mass is 340 g/mol. The third-order valence-electron chi connectivity index (χ3n) is 5.12. The lowest BCUT2D eigenvalue weighted by atomic mass is 9.63. The molecule has 0 aliphatic heterocycles. The van der Waals surface area contributed by atoms with Crippen LogP contribution in [-0.4, -0.2) is 25.2 Å². The van der Waals surface area contributed by atoms with Crippen LogP contribution in [0.3, 0.4) is 0 Å². The quantitative estimate of drug-likeness (QED) is 0.419. The van der Waals surface area contributed by atoms with Gasteiger partial charge in [-0.15, -0.1) is 0 Å². The van der Waals surface area contributed by atoms with Crippen LogP contribution in [0.4, 0.5) is 0 Å². The number of hydrogen-bond donors (Lipinski definition) is 0. The van der Waals surface area contributed by atoms with Crippen LogP contribution >= 0.6 is 0 Å². The summed E-state index contributed by atoms with van der Waals surface area (Å²) < 4.78 is 10.9. The van der Waals surface area contributed by atoms with Crippen molar-refractivity contribution in [3.8, 4) is 0 Å². The molecular weight excluding hydrogens is 304 g/mol. The van der Waals surface area contributed by atoms with Crippen LogP contribution in [0.2, 0.25) is 0 Å². The van der Waals surface area contributed by atoms with Crippen LogP contribution < -0.4 is 0 Å². The van der Waals surface area contributed by atoms with E-state index >= 15 is 0 Å². The average molecular weight is 341 g/mol. The van der Waals surface area contributed by atoms with Crippen molar-refractivity contribution < 1.29 is 19.1 Å². The van der Waals surface area contributed by atoms with E-state index in [1.165, 1.54) is 0 Å². The molecule has 1 fully saturated rings. The standard InChI is InChI=1S/C20H36O4/c1-5-7-9-14-23-18(21)16-12-11-13-20(3,4)17(16)19(22)24-15-10-8-6-2/h16-17H,5-15H2,1-4H3. The van der Waals surface area contributed by atoms with Crippen molar-refractivity contribution in [3.63, 3.8) is 0 Å². The van der Waals surface area contributed by atoms with E-state index in [4.69, 9.17) is 9.47 Å². The molecule has 4 nitrogen and oxygen atoms in total. The highest BCUT2D eigenvalue weighted by Crippen LogP contribution is 2.45. The summed E-state index contributed by atoms with van der Waals surface area (Å²) in [6, 6.07) is 0. The predicted octanol–water partition coefficient (Wildman–Crippen LogP) is 4.90. The molecule has 0 aromatic carbocycles. The summed E-state index contributed by atoms with van der Waals surface area (Å²) in [7, 11) is 0. The summed E-state index contributed by atoms with van der Waals surface area (Å²) >= 11 is 0. The van der Waals surface area contributed by atoms with Crippen molar-refractivity contribution in [2.24, 2.45) is 17.3 Å². The van der Waals surface area contributed by atoms with Gasteiger partial charge in [0.15, 0.2) is 0 Å². The Morgan fingerprint density at radius 3 is 2.00 bits per heavy atom. The van der Waals surface area contributed by atoms with Crippen LogP contribution in [0.1, 0.15) is 85.5 Å². The maximum Gasteiger partial charge on any atom is 0.310 e. The van der Waals surface area contributed by atoms with Gasteiger partial charge in [0.1, 0.15) is 0 Å². The van der Waals surface area contributed by atoms with E-state index in [-0.39, 0.29) is 29.2 Å². The SMILES string of the molecule is CCCCCOC(=O)C1CCCC(C)(C)C1C(=O)OCCCCC. The van der Waals surface area contributed by atoms with E-state index in [0.717, 1.165) is 57.8 Å². The van der Waals surface area contributed by atoms with E-state index in [1.807, 2.05) is 0 Å². The first-order valence-corrected chi connectivity index (χ1v) is 9.77. The van der Waals surface area contributed by atoms with Gasteiger partial charge in [-0.05, 0) is 31.1 Å². The summed E-state index contributed by atoms with van der Waals surface area (Å²) in [6.45, 7) is 9.30. The fraction of sp³-hybridized carbons (Fsp3) is 0.900. The van der Waals surface area contributed by atoms with Gasteiger partial charge in [-0.25, -0.2) is 0 Å². The molecule has 0 aromatic heterocycles. The van der Waals surface area contributed by atoms with Crippen molar-refractivity contribution in [1.29, 1.82) is 0 Å². The van der Waals surface area contributed by atoms with Gasteiger partial charge in [0.05, 0.1) is 25.0 Å². The molecule has 0 saturated heterocycles. The number of hydrogen-bond acceptors (Lipinski definition) is 4. The summed E-state index contributed by atoms with van der Waals surface area (Å²) in [5, 5.41) is 0. The largest absolute Gasteiger partial charge is 0.465 e. The topological polar surface area (TPSA) is 52.6 Å². The van der Waals surface area contributed by atoms with Gasteiger partial charge < -0.3 is 9.47 Å². The highest BCUT2D eigenvalue weighted by atomic mass is 16.5. The van der Waals surface area contributed by atoms with E-state index in [1.54, 1.807) is 0 Å². The number of carbonyl (C=O) groups is 2. The van der Waals surface area contributed by atoms with Gasteiger partial charge in [-0.1, -0.05) is 59.8 Å². The van der Waals surface area contributed by atoms with Crippen molar-refractivity contribution in [2.45, 2.75) is 85.5 Å². The molecule has 0 bridgehead atoms. The molecule has 1 aliphatic carbocycles. The van der Waals surface area contributed by atoms with Gasteiger partial charge >= 0.3 is 11.9 Å². The van der Waals surface area contributed by atoms with E-state index in [2.05, 4.69) is 27.7 Å². The zero-order valence-corrected chi connectivity index (χ0v) is 16.1. The molecule has 0 heterocycles. The smallest absolute Gasteiger partial charge is 0.310 e. The second-order valence-electron chi connectivity index (χ2n) is 7.71. The maximum atomic E-state index is 12.6. The highest BCUT2D eigenvalue weighted by molar-refractivity contribution is 5.83. The molecule has 0 radical (unpaired) electrons. The Bertz CT molecular complexity index is 389.